The summed E-state index contributed by atoms with van der Waals surface area (Å²) in [5, 5.41) is 6.92. The van der Waals surface area contributed by atoms with E-state index in [0.29, 0.717) is 5.75 Å². The summed E-state index contributed by atoms with van der Waals surface area (Å²) in [6.07, 6.45) is 1.55. The van der Waals surface area contributed by atoms with Gasteiger partial charge in [-0.1, -0.05) is 30.0 Å². The largest absolute Gasteiger partial charge is 0.349 e. The predicted molar refractivity (Wildman–Crippen MR) is 101 cm³/mol. The smallest absolute Gasteiger partial charge is 0.230 e. The molecule has 1 atom stereocenters. The fourth-order valence-electron chi connectivity index (χ4n) is 2.42. The molecule has 3 aromatic rings. The first-order valence-corrected chi connectivity index (χ1v) is 9.58. The lowest BCUT2D eigenvalue weighted by Gasteiger charge is -2.15. The first kappa shape index (κ1) is 16.9. The first-order valence-electron chi connectivity index (χ1n) is 7.72. The minimum Gasteiger partial charge on any atom is -0.349 e. The molecule has 4 nitrogen and oxygen atoms in total. The molecule has 0 radical (unpaired) electrons. The summed E-state index contributed by atoms with van der Waals surface area (Å²) in [6, 6.07) is 8.28. The summed E-state index contributed by atoms with van der Waals surface area (Å²) in [5.41, 5.74) is 3.62. The molecule has 6 heteroatoms. The number of carbonyl (C=O) groups is 1. The number of rotatable bonds is 5. The van der Waals surface area contributed by atoms with E-state index in [1.807, 2.05) is 18.4 Å². The van der Waals surface area contributed by atoms with Crippen molar-refractivity contribution in [2.75, 3.05) is 5.75 Å². The van der Waals surface area contributed by atoms with Gasteiger partial charge in [-0.05, 0) is 48.9 Å². The number of hydrogen-bond acceptors (Lipinski definition) is 5. The molecule has 2 heterocycles. The second-order valence-corrected chi connectivity index (χ2v) is 7.60. The molecule has 0 unspecified atom stereocenters. The summed E-state index contributed by atoms with van der Waals surface area (Å²) in [4.78, 5) is 21.7. The Hall–Kier alpha value is -1.92. The Kier molecular flexibility index (Phi) is 5.16. The van der Waals surface area contributed by atoms with Crippen LogP contribution in [0.25, 0.3) is 10.2 Å². The monoisotopic (exact) mass is 357 g/mol. The highest BCUT2D eigenvalue weighted by molar-refractivity contribution is 8.00. The van der Waals surface area contributed by atoms with Crippen LogP contribution in [0.2, 0.25) is 0 Å². The van der Waals surface area contributed by atoms with Crippen LogP contribution in [0, 0.1) is 13.8 Å². The third-order valence-electron chi connectivity index (χ3n) is 3.97. The van der Waals surface area contributed by atoms with Crippen molar-refractivity contribution >= 4 is 39.2 Å². The van der Waals surface area contributed by atoms with Gasteiger partial charge in [0.1, 0.15) is 16.2 Å². The van der Waals surface area contributed by atoms with Crippen molar-refractivity contribution in [1.29, 1.82) is 0 Å². The van der Waals surface area contributed by atoms with Crippen LogP contribution in [-0.2, 0) is 4.79 Å². The zero-order chi connectivity index (χ0) is 17.1. The van der Waals surface area contributed by atoms with Crippen molar-refractivity contribution in [3.8, 4) is 0 Å². The number of benzene rings is 1. The molecule has 0 saturated carbocycles. The van der Waals surface area contributed by atoms with Crippen molar-refractivity contribution in [2.45, 2.75) is 31.8 Å². The van der Waals surface area contributed by atoms with E-state index in [-0.39, 0.29) is 11.9 Å². The fraction of sp³-hybridized carbons (Fsp3) is 0.278. The van der Waals surface area contributed by atoms with Gasteiger partial charge >= 0.3 is 0 Å². The number of thioether (sulfide) groups is 1. The summed E-state index contributed by atoms with van der Waals surface area (Å²) >= 11 is 3.03. The van der Waals surface area contributed by atoms with Crippen LogP contribution in [0.1, 0.15) is 29.7 Å². The molecule has 2 aromatic heterocycles. The van der Waals surface area contributed by atoms with Crippen molar-refractivity contribution in [1.82, 2.24) is 15.3 Å². The summed E-state index contributed by atoms with van der Waals surface area (Å²) < 4.78 is 0. The highest BCUT2D eigenvalue weighted by atomic mass is 32.2. The van der Waals surface area contributed by atoms with Crippen molar-refractivity contribution in [3.05, 3.63) is 52.7 Å². The van der Waals surface area contributed by atoms with Crippen molar-refractivity contribution in [3.63, 3.8) is 0 Å². The highest BCUT2D eigenvalue weighted by Gasteiger charge is 2.12. The van der Waals surface area contributed by atoms with E-state index in [1.165, 1.54) is 22.9 Å². The van der Waals surface area contributed by atoms with Gasteiger partial charge in [0, 0.05) is 5.39 Å². The van der Waals surface area contributed by atoms with Crippen LogP contribution in [0.15, 0.2) is 41.0 Å². The van der Waals surface area contributed by atoms with Crippen LogP contribution >= 0.6 is 23.1 Å². The predicted octanol–water partition coefficient (Wildman–Crippen LogP) is 4.28. The minimum absolute atomic E-state index is 0.00715. The van der Waals surface area contributed by atoms with Crippen molar-refractivity contribution < 1.29 is 4.79 Å². The van der Waals surface area contributed by atoms with Gasteiger partial charge in [-0.15, -0.1) is 11.3 Å². The Morgan fingerprint density at radius 1 is 1.25 bits per heavy atom. The Labute approximate surface area is 149 Å². The molecule has 0 aliphatic heterocycles. The van der Waals surface area contributed by atoms with E-state index in [4.69, 9.17) is 0 Å². The maximum absolute atomic E-state index is 12.3. The van der Waals surface area contributed by atoms with Crippen molar-refractivity contribution in [2.24, 2.45) is 0 Å². The third-order valence-corrected chi connectivity index (χ3v) is 5.80. The van der Waals surface area contributed by atoms with Gasteiger partial charge in [0.05, 0.1) is 11.8 Å². The molecule has 24 heavy (non-hydrogen) atoms. The summed E-state index contributed by atoms with van der Waals surface area (Å²) in [5.74, 6) is 0.352. The highest BCUT2D eigenvalue weighted by Crippen LogP contribution is 2.27. The third kappa shape index (κ3) is 3.76. The number of hydrogen-bond donors (Lipinski definition) is 1. The van der Waals surface area contributed by atoms with Gasteiger partial charge in [0.15, 0.2) is 0 Å². The zero-order valence-corrected chi connectivity index (χ0v) is 15.5. The van der Waals surface area contributed by atoms with E-state index < -0.39 is 0 Å². The molecule has 0 fully saturated rings. The van der Waals surface area contributed by atoms with Gasteiger partial charge in [0.2, 0.25) is 5.91 Å². The number of amides is 1. The molecule has 0 spiro atoms. The van der Waals surface area contributed by atoms with Crippen LogP contribution in [-0.4, -0.2) is 21.6 Å². The maximum Gasteiger partial charge on any atom is 0.230 e. The van der Waals surface area contributed by atoms with Gasteiger partial charge < -0.3 is 5.32 Å². The van der Waals surface area contributed by atoms with Gasteiger partial charge in [0.25, 0.3) is 0 Å². The number of carbonyl (C=O) groups excluding carboxylic acids is 1. The summed E-state index contributed by atoms with van der Waals surface area (Å²) in [6.45, 7) is 6.19. The number of aryl methyl sites for hydroxylation is 2. The average Bonchev–Trinajstić information content (AvgIpc) is 3.04. The molecule has 124 valence electrons. The first-order chi connectivity index (χ1) is 11.5. The standard InChI is InChI=1S/C18H19N3OS2/c1-11-4-5-14(8-12(11)2)13(3)21-16(22)9-24-18-15-6-7-23-17(15)19-10-20-18/h4-8,10,13H,9H2,1-3H3,(H,21,22)/t13-/m1/s1. The molecule has 1 N–H and O–H groups in total. The van der Waals surface area contributed by atoms with E-state index in [9.17, 15) is 4.79 Å². The van der Waals surface area contributed by atoms with Crippen LogP contribution < -0.4 is 5.32 Å². The lowest BCUT2D eigenvalue weighted by atomic mass is 10.0. The molecule has 1 amide bonds. The average molecular weight is 358 g/mol. The lowest BCUT2D eigenvalue weighted by Crippen LogP contribution is -2.28. The Bertz CT molecular complexity index is 876. The number of fused-ring (bicyclic) bond motifs is 1. The molecule has 0 saturated heterocycles. The van der Waals surface area contributed by atoms with Gasteiger partial charge in [-0.2, -0.15) is 0 Å². The Morgan fingerprint density at radius 2 is 2.08 bits per heavy atom. The van der Waals surface area contributed by atoms with E-state index >= 15 is 0 Å². The Morgan fingerprint density at radius 3 is 2.88 bits per heavy atom. The molecule has 0 aliphatic carbocycles. The number of aromatic nitrogens is 2. The molecule has 0 aliphatic rings. The van der Waals surface area contributed by atoms with Gasteiger partial charge in [-0.3, -0.25) is 4.79 Å². The van der Waals surface area contributed by atoms with E-state index in [1.54, 1.807) is 17.7 Å². The minimum atomic E-state index is -0.0102. The van der Waals surface area contributed by atoms with E-state index in [2.05, 4.69) is 47.3 Å². The van der Waals surface area contributed by atoms with Crippen LogP contribution in [0.3, 0.4) is 0 Å². The van der Waals surface area contributed by atoms with E-state index in [0.717, 1.165) is 20.8 Å². The zero-order valence-electron chi connectivity index (χ0n) is 13.9. The normalized spacial score (nSPS) is 12.3. The quantitative estimate of drug-likeness (QED) is 0.547. The Balaban J connectivity index is 1.61. The molecular formula is C18H19N3OS2. The fourth-order valence-corrected chi connectivity index (χ4v) is 4.01. The topological polar surface area (TPSA) is 54.9 Å². The summed E-state index contributed by atoms with van der Waals surface area (Å²) in [7, 11) is 0. The second-order valence-electron chi connectivity index (χ2n) is 5.74. The number of thiophene rings is 1. The molecule has 1 aromatic carbocycles. The molecular weight excluding hydrogens is 338 g/mol. The number of nitrogens with one attached hydrogen (secondary N) is 1. The molecule has 0 bridgehead atoms. The second kappa shape index (κ2) is 7.32. The van der Waals surface area contributed by atoms with Gasteiger partial charge in [-0.25, -0.2) is 9.97 Å². The number of nitrogens with zero attached hydrogens (tertiary/aromatic N) is 2. The lowest BCUT2D eigenvalue weighted by molar-refractivity contribution is -0.119. The van der Waals surface area contributed by atoms with Crippen LogP contribution in [0.4, 0.5) is 0 Å². The maximum atomic E-state index is 12.3. The molecule has 3 rings (SSSR count). The van der Waals surface area contributed by atoms with Crippen LogP contribution in [0.5, 0.6) is 0 Å². The SMILES string of the molecule is Cc1ccc([C@@H](C)NC(=O)CSc2ncnc3sccc23)cc1C.